The molecular formula is C17H23N3. The van der Waals surface area contributed by atoms with Crippen molar-refractivity contribution in [3.63, 3.8) is 0 Å². The Bertz CT molecular complexity index is 622. The fourth-order valence-corrected chi connectivity index (χ4v) is 2.34. The van der Waals surface area contributed by atoms with E-state index in [-0.39, 0.29) is 0 Å². The van der Waals surface area contributed by atoms with Gasteiger partial charge >= 0.3 is 0 Å². The number of aromatic nitrogens is 2. The van der Waals surface area contributed by atoms with Crippen molar-refractivity contribution in [1.29, 1.82) is 0 Å². The van der Waals surface area contributed by atoms with E-state index in [4.69, 9.17) is 0 Å². The highest BCUT2D eigenvalue weighted by Crippen LogP contribution is 2.28. The maximum Gasteiger partial charge on any atom is 0.162 e. The van der Waals surface area contributed by atoms with Crippen molar-refractivity contribution in [2.75, 3.05) is 11.4 Å². The fraction of sp³-hybridized carbons (Fsp3) is 0.353. The highest BCUT2D eigenvalue weighted by Gasteiger charge is 2.14. The van der Waals surface area contributed by atoms with E-state index in [1.54, 1.807) is 0 Å². The molecule has 106 valence electrons. The van der Waals surface area contributed by atoms with Gasteiger partial charge in [0.05, 0.1) is 5.52 Å². The highest BCUT2D eigenvalue weighted by atomic mass is 15.3. The van der Waals surface area contributed by atoms with E-state index in [0.717, 1.165) is 24.3 Å². The van der Waals surface area contributed by atoms with Gasteiger partial charge in [-0.15, -0.1) is 6.58 Å². The van der Waals surface area contributed by atoms with Crippen LogP contribution in [0.25, 0.3) is 10.9 Å². The smallest absolute Gasteiger partial charge is 0.162 e. The molecular weight excluding hydrogens is 246 g/mol. The van der Waals surface area contributed by atoms with Crippen molar-refractivity contribution < 1.29 is 0 Å². The Morgan fingerprint density at radius 1 is 1.35 bits per heavy atom. The van der Waals surface area contributed by atoms with E-state index in [1.165, 1.54) is 10.9 Å². The van der Waals surface area contributed by atoms with Crippen molar-refractivity contribution in [3.05, 3.63) is 49.2 Å². The molecule has 0 bridgehead atoms. The van der Waals surface area contributed by atoms with E-state index in [9.17, 15) is 0 Å². The molecule has 0 N–H and O–H groups in total. The molecule has 1 heterocycles. The second-order valence-corrected chi connectivity index (χ2v) is 5.33. The SMILES string of the molecule is C=CCCN(C=C)c1nn(C)c2cc(C(C)C)ccc12. The van der Waals surface area contributed by atoms with Crippen molar-refractivity contribution in [3.8, 4) is 0 Å². The monoisotopic (exact) mass is 269 g/mol. The summed E-state index contributed by atoms with van der Waals surface area (Å²) in [6.45, 7) is 12.9. The summed E-state index contributed by atoms with van der Waals surface area (Å²) in [7, 11) is 1.99. The third kappa shape index (κ3) is 2.62. The molecule has 0 unspecified atom stereocenters. The lowest BCUT2D eigenvalue weighted by atomic mass is 10.0. The minimum atomic E-state index is 0.522. The number of hydrogen-bond acceptors (Lipinski definition) is 2. The molecule has 3 heteroatoms. The molecule has 0 amide bonds. The van der Waals surface area contributed by atoms with Gasteiger partial charge in [0, 0.05) is 19.0 Å². The quantitative estimate of drug-likeness (QED) is 0.732. The zero-order chi connectivity index (χ0) is 14.7. The Morgan fingerprint density at radius 3 is 2.70 bits per heavy atom. The van der Waals surface area contributed by atoms with Crippen LogP contribution in [0.3, 0.4) is 0 Å². The van der Waals surface area contributed by atoms with Gasteiger partial charge in [-0.25, -0.2) is 0 Å². The van der Waals surface area contributed by atoms with Crippen molar-refractivity contribution in [1.82, 2.24) is 9.78 Å². The van der Waals surface area contributed by atoms with Crippen LogP contribution in [-0.2, 0) is 7.05 Å². The first-order chi connectivity index (χ1) is 9.58. The van der Waals surface area contributed by atoms with Crippen molar-refractivity contribution in [2.45, 2.75) is 26.2 Å². The molecule has 2 rings (SSSR count). The molecule has 0 aliphatic rings. The largest absolute Gasteiger partial charge is 0.331 e. The lowest BCUT2D eigenvalue weighted by Gasteiger charge is -2.16. The summed E-state index contributed by atoms with van der Waals surface area (Å²) in [4.78, 5) is 2.08. The Morgan fingerprint density at radius 2 is 2.10 bits per heavy atom. The molecule has 1 aromatic carbocycles. The summed E-state index contributed by atoms with van der Waals surface area (Å²) in [5.74, 6) is 1.49. The van der Waals surface area contributed by atoms with Crippen molar-refractivity contribution in [2.24, 2.45) is 7.05 Å². The second kappa shape index (κ2) is 5.95. The summed E-state index contributed by atoms with van der Waals surface area (Å²) in [5.41, 5.74) is 2.50. The number of rotatable bonds is 6. The molecule has 0 atom stereocenters. The summed E-state index contributed by atoms with van der Waals surface area (Å²) in [5, 5.41) is 5.82. The minimum absolute atomic E-state index is 0.522. The normalized spacial score (nSPS) is 11.0. The zero-order valence-corrected chi connectivity index (χ0v) is 12.6. The standard InChI is InChI=1S/C17H23N3/c1-6-8-11-20(7-2)17-15-10-9-14(13(3)4)12-16(15)19(5)18-17/h6-7,9-10,12-13H,1-2,8,11H2,3-5H3. The zero-order valence-electron chi connectivity index (χ0n) is 12.6. The molecule has 0 saturated heterocycles. The summed E-state index contributed by atoms with van der Waals surface area (Å²) < 4.78 is 1.95. The summed E-state index contributed by atoms with van der Waals surface area (Å²) in [6, 6.07) is 6.58. The first-order valence-corrected chi connectivity index (χ1v) is 7.05. The van der Waals surface area contributed by atoms with E-state index in [2.05, 4.69) is 55.2 Å². The molecule has 1 aromatic heterocycles. The van der Waals surface area contributed by atoms with Crippen LogP contribution in [-0.4, -0.2) is 16.3 Å². The van der Waals surface area contributed by atoms with E-state index >= 15 is 0 Å². The van der Waals surface area contributed by atoms with Gasteiger partial charge in [-0.05, 0) is 36.2 Å². The molecule has 0 fully saturated rings. The van der Waals surface area contributed by atoms with Crippen molar-refractivity contribution >= 4 is 16.7 Å². The predicted octanol–water partition coefficient (Wildman–Crippen LogP) is 4.22. The highest BCUT2D eigenvalue weighted by molar-refractivity contribution is 5.91. The molecule has 20 heavy (non-hydrogen) atoms. The van der Waals surface area contributed by atoms with Gasteiger partial charge < -0.3 is 4.90 Å². The maximum absolute atomic E-state index is 4.65. The van der Waals surface area contributed by atoms with Gasteiger partial charge in [-0.2, -0.15) is 5.10 Å². The Balaban J connectivity index is 2.49. The van der Waals surface area contributed by atoms with E-state index < -0.39 is 0 Å². The van der Waals surface area contributed by atoms with Crippen LogP contribution in [0.15, 0.2) is 43.6 Å². The van der Waals surface area contributed by atoms with E-state index in [0.29, 0.717) is 5.92 Å². The van der Waals surface area contributed by atoms with Crippen LogP contribution in [0.2, 0.25) is 0 Å². The topological polar surface area (TPSA) is 21.1 Å². The van der Waals surface area contributed by atoms with Crippen LogP contribution < -0.4 is 4.90 Å². The number of hydrogen-bond donors (Lipinski definition) is 0. The predicted molar refractivity (Wildman–Crippen MR) is 87.2 cm³/mol. The average Bonchev–Trinajstić information content (AvgIpc) is 2.77. The number of nitrogens with zero attached hydrogens (tertiary/aromatic N) is 3. The Hall–Kier alpha value is -2.03. The number of fused-ring (bicyclic) bond motifs is 1. The molecule has 3 nitrogen and oxygen atoms in total. The lowest BCUT2D eigenvalue weighted by Crippen LogP contribution is -2.17. The number of anilines is 1. The third-order valence-electron chi connectivity index (χ3n) is 3.59. The van der Waals surface area contributed by atoms with Crippen LogP contribution in [0.4, 0.5) is 5.82 Å². The molecule has 0 saturated carbocycles. The lowest BCUT2D eigenvalue weighted by molar-refractivity contribution is 0.779. The van der Waals surface area contributed by atoms with Gasteiger partial charge in [0.1, 0.15) is 0 Å². The molecule has 0 spiro atoms. The van der Waals surface area contributed by atoms with Gasteiger partial charge in [0.25, 0.3) is 0 Å². The molecule has 0 aliphatic heterocycles. The van der Waals surface area contributed by atoms with E-state index in [1.807, 2.05) is 24.0 Å². The minimum Gasteiger partial charge on any atom is -0.331 e. The van der Waals surface area contributed by atoms with Gasteiger partial charge in [0.2, 0.25) is 0 Å². The summed E-state index contributed by atoms with van der Waals surface area (Å²) >= 11 is 0. The number of aryl methyl sites for hydroxylation is 1. The van der Waals surface area contributed by atoms with Crippen LogP contribution in [0.1, 0.15) is 31.7 Å². The Labute approximate surface area is 121 Å². The van der Waals surface area contributed by atoms with Crippen LogP contribution >= 0.6 is 0 Å². The van der Waals surface area contributed by atoms with Gasteiger partial charge in [-0.3, -0.25) is 4.68 Å². The van der Waals surface area contributed by atoms with Gasteiger partial charge in [0.15, 0.2) is 5.82 Å². The second-order valence-electron chi connectivity index (χ2n) is 5.33. The first-order valence-electron chi connectivity index (χ1n) is 7.05. The van der Waals surface area contributed by atoms with Crippen LogP contribution in [0.5, 0.6) is 0 Å². The molecule has 2 aromatic rings. The first kappa shape index (κ1) is 14.4. The van der Waals surface area contributed by atoms with Crippen LogP contribution in [0, 0.1) is 0 Å². The average molecular weight is 269 g/mol. The number of benzene rings is 1. The fourth-order valence-electron chi connectivity index (χ4n) is 2.34. The maximum atomic E-state index is 4.65. The molecule has 0 radical (unpaired) electrons. The Kier molecular flexibility index (Phi) is 4.28. The molecule has 0 aliphatic carbocycles. The summed E-state index contributed by atoms with van der Waals surface area (Å²) in [6.07, 6.45) is 4.66. The van der Waals surface area contributed by atoms with Gasteiger partial charge in [-0.1, -0.05) is 32.6 Å². The third-order valence-corrected chi connectivity index (χ3v) is 3.59.